The number of hydrogen-bond acceptors (Lipinski definition) is 3. The van der Waals surface area contributed by atoms with Crippen LogP contribution in [-0.4, -0.2) is 27.9 Å². The molecule has 0 aromatic heterocycles. The highest BCUT2D eigenvalue weighted by Gasteiger charge is 2.04. The van der Waals surface area contributed by atoms with E-state index in [1.807, 2.05) is 0 Å². The van der Waals surface area contributed by atoms with E-state index in [1.165, 1.54) is 0 Å². The predicted molar refractivity (Wildman–Crippen MR) is 71.1 cm³/mol. The molecule has 0 aromatic carbocycles. The summed E-state index contributed by atoms with van der Waals surface area (Å²) in [4.78, 5) is 31.9. The van der Waals surface area contributed by atoms with E-state index in [1.54, 1.807) is 0 Å². The van der Waals surface area contributed by atoms with Gasteiger partial charge in [-0.05, 0) is 19.3 Å². The van der Waals surface area contributed by atoms with Gasteiger partial charge in [0.15, 0.2) is 0 Å². The molecule has 0 aliphatic rings. The summed E-state index contributed by atoms with van der Waals surface area (Å²) in [6.07, 6.45) is 7.17. The van der Waals surface area contributed by atoms with Gasteiger partial charge in [-0.1, -0.05) is 25.7 Å². The molecule has 0 atom stereocenters. The van der Waals surface area contributed by atoms with Crippen LogP contribution in [0.25, 0.3) is 0 Å². The van der Waals surface area contributed by atoms with Crippen LogP contribution in [0.4, 0.5) is 0 Å². The van der Waals surface area contributed by atoms with E-state index in [9.17, 15) is 14.4 Å². The number of carboxylic acids is 2. The Labute approximate surface area is 114 Å². The van der Waals surface area contributed by atoms with Gasteiger partial charge in [0.25, 0.3) is 0 Å². The maximum Gasteiger partial charge on any atom is 0.303 e. The van der Waals surface area contributed by atoms with Gasteiger partial charge >= 0.3 is 11.9 Å². The van der Waals surface area contributed by atoms with Crippen LogP contribution in [0, 0.1) is 0 Å². The Kier molecular flexibility index (Phi) is 10.8. The minimum absolute atomic E-state index is 0.0648. The van der Waals surface area contributed by atoms with Gasteiger partial charge in [-0.3, -0.25) is 14.4 Å². The molecule has 0 aliphatic carbocycles. The fraction of sp³-hybridized carbons (Fsp3) is 0.786. The van der Waals surface area contributed by atoms with Gasteiger partial charge in [0, 0.05) is 25.7 Å². The van der Waals surface area contributed by atoms with E-state index in [0.29, 0.717) is 19.3 Å². The summed E-state index contributed by atoms with van der Waals surface area (Å²) in [7, 11) is 0. The van der Waals surface area contributed by atoms with Crippen molar-refractivity contribution in [1.29, 1.82) is 0 Å². The van der Waals surface area contributed by atoms with Crippen LogP contribution in [0.1, 0.15) is 70.6 Å². The molecule has 0 unspecified atom stereocenters. The van der Waals surface area contributed by atoms with Crippen LogP contribution in [0.15, 0.2) is 0 Å². The van der Waals surface area contributed by atoms with E-state index in [-0.39, 0.29) is 18.6 Å². The molecule has 2 N–H and O–H groups in total. The highest BCUT2D eigenvalue weighted by molar-refractivity contribution is 5.78. The summed E-state index contributed by atoms with van der Waals surface area (Å²) >= 11 is 0. The van der Waals surface area contributed by atoms with E-state index >= 15 is 0 Å². The molecule has 0 fully saturated rings. The van der Waals surface area contributed by atoms with Crippen molar-refractivity contribution in [3.05, 3.63) is 0 Å². The summed E-state index contributed by atoms with van der Waals surface area (Å²) in [6, 6.07) is 0. The summed E-state index contributed by atoms with van der Waals surface area (Å²) in [5.74, 6) is -1.45. The van der Waals surface area contributed by atoms with Crippen molar-refractivity contribution < 1.29 is 24.6 Å². The van der Waals surface area contributed by atoms with Crippen molar-refractivity contribution >= 4 is 17.7 Å². The number of carboxylic acid groups (broad SMARTS) is 2. The van der Waals surface area contributed by atoms with E-state index in [4.69, 9.17) is 10.2 Å². The number of unbranched alkanes of at least 4 members (excludes halogenated alkanes) is 5. The van der Waals surface area contributed by atoms with E-state index in [2.05, 4.69) is 0 Å². The lowest BCUT2D eigenvalue weighted by molar-refractivity contribution is -0.138. The summed E-state index contributed by atoms with van der Waals surface area (Å²) < 4.78 is 0. The summed E-state index contributed by atoms with van der Waals surface area (Å²) in [5, 5.41) is 16.9. The molecule has 0 spiro atoms. The topological polar surface area (TPSA) is 91.7 Å². The summed E-state index contributed by atoms with van der Waals surface area (Å²) in [5.41, 5.74) is 0. The van der Waals surface area contributed by atoms with Crippen LogP contribution in [0.2, 0.25) is 0 Å². The van der Waals surface area contributed by atoms with E-state index in [0.717, 1.165) is 38.5 Å². The Bertz CT molecular complexity index is 286. The number of ketones is 1. The van der Waals surface area contributed by atoms with Gasteiger partial charge < -0.3 is 10.2 Å². The minimum atomic E-state index is -0.853. The number of aliphatic carboxylic acids is 2. The molecular formula is C14H24O5. The average Bonchev–Trinajstić information content (AvgIpc) is 2.31. The van der Waals surface area contributed by atoms with Crippen molar-refractivity contribution in [2.24, 2.45) is 0 Å². The van der Waals surface area contributed by atoms with Crippen molar-refractivity contribution in [3.8, 4) is 0 Å². The highest BCUT2D eigenvalue weighted by atomic mass is 16.4. The fourth-order valence-corrected chi connectivity index (χ4v) is 1.87. The van der Waals surface area contributed by atoms with Crippen LogP contribution in [0.3, 0.4) is 0 Å². The second-order valence-corrected chi connectivity index (χ2v) is 4.80. The van der Waals surface area contributed by atoms with Crippen LogP contribution < -0.4 is 0 Å². The first kappa shape index (κ1) is 17.6. The van der Waals surface area contributed by atoms with Gasteiger partial charge in [0.2, 0.25) is 0 Å². The van der Waals surface area contributed by atoms with Crippen molar-refractivity contribution in [3.63, 3.8) is 0 Å². The lowest BCUT2D eigenvalue weighted by Gasteiger charge is -2.01. The number of rotatable bonds is 13. The predicted octanol–water partition coefficient (Wildman–Crippen LogP) is 3.02. The quantitative estimate of drug-likeness (QED) is 0.503. The zero-order chi connectivity index (χ0) is 14.5. The first-order valence-electron chi connectivity index (χ1n) is 6.97. The second kappa shape index (κ2) is 11.7. The van der Waals surface area contributed by atoms with Crippen molar-refractivity contribution in [1.82, 2.24) is 0 Å². The third-order valence-electron chi connectivity index (χ3n) is 2.94. The molecule has 0 amide bonds. The molecule has 5 nitrogen and oxygen atoms in total. The molecule has 0 bridgehead atoms. The monoisotopic (exact) mass is 272 g/mol. The van der Waals surface area contributed by atoms with Gasteiger partial charge in [-0.25, -0.2) is 0 Å². The Balaban J connectivity index is 3.23. The number of carbonyl (C=O) groups excluding carboxylic acids is 1. The molecule has 0 saturated carbocycles. The van der Waals surface area contributed by atoms with Gasteiger partial charge in [-0.2, -0.15) is 0 Å². The van der Waals surface area contributed by atoms with Gasteiger partial charge in [0.05, 0.1) is 0 Å². The molecule has 19 heavy (non-hydrogen) atoms. The second-order valence-electron chi connectivity index (χ2n) is 4.80. The van der Waals surface area contributed by atoms with Gasteiger partial charge in [0.1, 0.15) is 5.78 Å². The lowest BCUT2D eigenvalue weighted by Crippen LogP contribution is -2.01. The SMILES string of the molecule is O=C(O)CCCCCCCCC(=O)CCCC(=O)O. The molecule has 0 saturated heterocycles. The zero-order valence-corrected chi connectivity index (χ0v) is 11.4. The van der Waals surface area contributed by atoms with E-state index < -0.39 is 11.9 Å². The fourth-order valence-electron chi connectivity index (χ4n) is 1.87. The molecule has 0 heterocycles. The third kappa shape index (κ3) is 14.6. The lowest BCUT2D eigenvalue weighted by atomic mass is 10.0. The number of Topliss-reactive ketones (excluding diaryl/α,β-unsaturated/α-hetero) is 1. The third-order valence-corrected chi connectivity index (χ3v) is 2.94. The Morgan fingerprint density at radius 1 is 0.526 bits per heavy atom. The van der Waals surface area contributed by atoms with Crippen LogP contribution in [-0.2, 0) is 14.4 Å². The normalized spacial score (nSPS) is 10.3. The standard InChI is InChI=1S/C14H24O5/c15-12(9-7-11-14(18)19)8-5-3-1-2-4-6-10-13(16)17/h1-11H2,(H,16,17)(H,18,19). The molecule has 0 rings (SSSR count). The summed E-state index contributed by atoms with van der Waals surface area (Å²) in [6.45, 7) is 0. The smallest absolute Gasteiger partial charge is 0.303 e. The largest absolute Gasteiger partial charge is 0.481 e. The van der Waals surface area contributed by atoms with Crippen molar-refractivity contribution in [2.75, 3.05) is 0 Å². The zero-order valence-electron chi connectivity index (χ0n) is 11.4. The first-order chi connectivity index (χ1) is 9.02. The minimum Gasteiger partial charge on any atom is -0.481 e. The Hall–Kier alpha value is -1.39. The number of hydrogen-bond donors (Lipinski definition) is 2. The van der Waals surface area contributed by atoms with Gasteiger partial charge in [-0.15, -0.1) is 0 Å². The van der Waals surface area contributed by atoms with Crippen molar-refractivity contribution in [2.45, 2.75) is 70.6 Å². The molecular weight excluding hydrogens is 248 g/mol. The van der Waals surface area contributed by atoms with Crippen LogP contribution in [0.5, 0.6) is 0 Å². The maximum absolute atomic E-state index is 11.4. The Morgan fingerprint density at radius 2 is 0.895 bits per heavy atom. The molecule has 5 heteroatoms. The first-order valence-corrected chi connectivity index (χ1v) is 6.97. The maximum atomic E-state index is 11.4. The number of carbonyl (C=O) groups is 3. The average molecular weight is 272 g/mol. The molecule has 0 radical (unpaired) electrons. The molecule has 110 valence electrons. The Morgan fingerprint density at radius 3 is 1.42 bits per heavy atom. The molecule has 0 aliphatic heterocycles. The van der Waals surface area contributed by atoms with Crippen LogP contribution >= 0.6 is 0 Å². The molecule has 0 aromatic rings. The highest BCUT2D eigenvalue weighted by Crippen LogP contribution is 2.10.